The zero-order valence-electron chi connectivity index (χ0n) is 7.87. The number of hydrogen-bond donors (Lipinski definition) is 2. The lowest BCUT2D eigenvalue weighted by molar-refractivity contribution is 0.0690. The number of hydrogen-bond acceptors (Lipinski definition) is 2. The summed E-state index contributed by atoms with van der Waals surface area (Å²) < 4.78 is 0.806. The third-order valence-corrected chi connectivity index (χ3v) is 2.94. The molecule has 2 N–H and O–H groups in total. The predicted octanol–water partition coefficient (Wildman–Crippen LogP) is 3.19. The minimum atomic E-state index is -1.04. The van der Waals surface area contributed by atoms with E-state index in [1.807, 2.05) is 0 Å². The maximum absolute atomic E-state index is 10.7. The van der Waals surface area contributed by atoms with Crippen LogP contribution in [0.5, 0.6) is 0 Å². The van der Waals surface area contributed by atoms with Gasteiger partial charge in [0.25, 0.3) is 0 Å². The molecule has 0 saturated carbocycles. The molecule has 0 aliphatic rings. The van der Waals surface area contributed by atoms with E-state index in [0.717, 1.165) is 10.0 Å². The Morgan fingerprint density at radius 1 is 1.44 bits per heavy atom. The van der Waals surface area contributed by atoms with Crippen LogP contribution >= 0.6 is 27.5 Å². The molecule has 0 fully saturated rings. The van der Waals surface area contributed by atoms with Crippen molar-refractivity contribution in [3.8, 4) is 11.3 Å². The normalized spacial score (nSPS) is 10.4. The van der Waals surface area contributed by atoms with Gasteiger partial charge in [0, 0.05) is 15.1 Å². The molecule has 0 aliphatic carbocycles. The average molecular weight is 302 g/mol. The van der Waals surface area contributed by atoms with E-state index in [1.165, 1.54) is 6.07 Å². The van der Waals surface area contributed by atoms with Crippen LogP contribution in [0.2, 0.25) is 5.02 Å². The fourth-order valence-corrected chi connectivity index (χ4v) is 1.88. The van der Waals surface area contributed by atoms with Crippen LogP contribution in [0.3, 0.4) is 0 Å². The van der Waals surface area contributed by atoms with Crippen molar-refractivity contribution in [3.05, 3.63) is 39.5 Å². The SMILES string of the molecule is O=C(O)c1cc(-c2cc(Cl)ccc2Br)n[nH]1. The van der Waals surface area contributed by atoms with E-state index in [1.54, 1.807) is 18.2 Å². The number of halogens is 2. The minimum Gasteiger partial charge on any atom is -0.477 e. The number of aromatic amines is 1. The number of rotatable bonds is 2. The number of H-pyrrole nitrogens is 1. The molecule has 2 rings (SSSR count). The summed E-state index contributed by atoms with van der Waals surface area (Å²) in [6, 6.07) is 6.69. The molecule has 0 spiro atoms. The van der Waals surface area contributed by atoms with Crippen molar-refractivity contribution in [1.29, 1.82) is 0 Å². The highest BCUT2D eigenvalue weighted by Crippen LogP contribution is 2.29. The van der Waals surface area contributed by atoms with Gasteiger partial charge in [0.05, 0.1) is 5.69 Å². The Hall–Kier alpha value is -1.33. The molecule has 0 saturated heterocycles. The molecule has 0 bridgehead atoms. The van der Waals surface area contributed by atoms with E-state index in [0.29, 0.717) is 10.7 Å². The summed E-state index contributed by atoms with van der Waals surface area (Å²) in [6.07, 6.45) is 0. The molecular weight excluding hydrogens is 295 g/mol. The summed E-state index contributed by atoms with van der Waals surface area (Å²) in [4.78, 5) is 10.7. The molecule has 0 atom stereocenters. The molecule has 0 radical (unpaired) electrons. The molecule has 0 aliphatic heterocycles. The highest BCUT2D eigenvalue weighted by Gasteiger charge is 2.11. The molecule has 1 aromatic heterocycles. The van der Waals surface area contributed by atoms with Gasteiger partial charge in [-0.05, 0) is 24.3 Å². The van der Waals surface area contributed by atoms with Crippen LogP contribution in [0.4, 0.5) is 0 Å². The second-order valence-electron chi connectivity index (χ2n) is 3.10. The Balaban J connectivity index is 2.50. The lowest BCUT2D eigenvalue weighted by atomic mass is 10.1. The number of nitrogens with one attached hydrogen (secondary N) is 1. The van der Waals surface area contributed by atoms with Gasteiger partial charge >= 0.3 is 5.97 Å². The van der Waals surface area contributed by atoms with Gasteiger partial charge in [-0.25, -0.2) is 4.79 Å². The summed E-state index contributed by atoms with van der Waals surface area (Å²) in [5, 5.41) is 15.7. The fourth-order valence-electron chi connectivity index (χ4n) is 1.26. The van der Waals surface area contributed by atoms with Crippen LogP contribution in [0.15, 0.2) is 28.7 Å². The first-order valence-electron chi connectivity index (χ1n) is 4.32. The van der Waals surface area contributed by atoms with Gasteiger partial charge in [-0.3, -0.25) is 5.10 Å². The summed E-state index contributed by atoms with van der Waals surface area (Å²) in [7, 11) is 0. The Labute approximate surface area is 104 Å². The van der Waals surface area contributed by atoms with Crippen LogP contribution in [0.25, 0.3) is 11.3 Å². The van der Waals surface area contributed by atoms with Gasteiger partial charge in [0.1, 0.15) is 5.69 Å². The topological polar surface area (TPSA) is 66.0 Å². The lowest BCUT2D eigenvalue weighted by Crippen LogP contribution is -1.95. The standard InChI is InChI=1S/C10H6BrClN2O2/c11-7-2-1-5(12)3-6(7)8-4-9(10(15)16)14-13-8/h1-4H,(H,13,14)(H,15,16). The van der Waals surface area contributed by atoms with Crippen LogP contribution in [-0.4, -0.2) is 21.3 Å². The Kier molecular flexibility index (Phi) is 2.98. The average Bonchev–Trinajstić information content (AvgIpc) is 2.70. The van der Waals surface area contributed by atoms with E-state index in [2.05, 4.69) is 26.1 Å². The zero-order valence-corrected chi connectivity index (χ0v) is 10.2. The first-order chi connectivity index (χ1) is 7.58. The number of nitrogens with zero attached hydrogens (tertiary/aromatic N) is 1. The summed E-state index contributed by atoms with van der Waals surface area (Å²) in [6.45, 7) is 0. The largest absolute Gasteiger partial charge is 0.477 e. The maximum Gasteiger partial charge on any atom is 0.353 e. The van der Waals surface area contributed by atoms with Crippen molar-refractivity contribution in [2.24, 2.45) is 0 Å². The summed E-state index contributed by atoms with van der Waals surface area (Å²) >= 11 is 9.21. The lowest BCUT2D eigenvalue weighted by Gasteiger charge is -2.00. The van der Waals surface area contributed by atoms with Crippen molar-refractivity contribution in [2.75, 3.05) is 0 Å². The fraction of sp³-hybridized carbons (Fsp3) is 0. The number of carbonyl (C=O) groups is 1. The molecule has 4 nitrogen and oxygen atoms in total. The second kappa shape index (κ2) is 4.27. The minimum absolute atomic E-state index is 0.0434. The highest BCUT2D eigenvalue weighted by atomic mass is 79.9. The third kappa shape index (κ3) is 2.10. The van der Waals surface area contributed by atoms with Gasteiger partial charge in [-0.2, -0.15) is 5.10 Å². The second-order valence-corrected chi connectivity index (χ2v) is 4.39. The molecule has 1 aromatic carbocycles. The molecule has 16 heavy (non-hydrogen) atoms. The third-order valence-electron chi connectivity index (χ3n) is 2.01. The smallest absolute Gasteiger partial charge is 0.353 e. The first-order valence-corrected chi connectivity index (χ1v) is 5.49. The van der Waals surface area contributed by atoms with Gasteiger partial charge < -0.3 is 5.11 Å². The van der Waals surface area contributed by atoms with E-state index >= 15 is 0 Å². The van der Waals surface area contributed by atoms with Crippen molar-refractivity contribution >= 4 is 33.5 Å². The zero-order chi connectivity index (χ0) is 11.7. The number of aromatic nitrogens is 2. The van der Waals surface area contributed by atoms with Crippen LogP contribution in [0, 0.1) is 0 Å². The van der Waals surface area contributed by atoms with Crippen molar-refractivity contribution < 1.29 is 9.90 Å². The van der Waals surface area contributed by atoms with Crippen LogP contribution in [-0.2, 0) is 0 Å². The number of carboxylic acids is 1. The van der Waals surface area contributed by atoms with E-state index < -0.39 is 5.97 Å². The highest BCUT2D eigenvalue weighted by molar-refractivity contribution is 9.10. The van der Waals surface area contributed by atoms with Gasteiger partial charge in [0.2, 0.25) is 0 Å². The number of benzene rings is 1. The van der Waals surface area contributed by atoms with Crippen molar-refractivity contribution in [2.45, 2.75) is 0 Å². The summed E-state index contributed by atoms with van der Waals surface area (Å²) in [5.41, 5.74) is 1.32. The van der Waals surface area contributed by atoms with Crippen LogP contribution < -0.4 is 0 Å². The molecule has 0 amide bonds. The molecule has 82 valence electrons. The summed E-state index contributed by atoms with van der Waals surface area (Å²) in [5.74, 6) is -1.04. The Morgan fingerprint density at radius 3 is 2.81 bits per heavy atom. The van der Waals surface area contributed by atoms with Gasteiger partial charge in [0.15, 0.2) is 0 Å². The maximum atomic E-state index is 10.7. The van der Waals surface area contributed by atoms with Crippen molar-refractivity contribution in [1.82, 2.24) is 10.2 Å². The molecule has 2 aromatic rings. The molecular formula is C10H6BrClN2O2. The first kappa shape index (κ1) is 11.2. The van der Waals surface area contributed by atoms with E-state index in [9.17, 15) is 4.79 Å². The van der Waals surface area contributed by atoms with E-state index in [4.69, 9.17) is 16.7 Å². The molecule has 6 heteroatoms. The Morgan fingerprint density at radius 2 is 2.19 bits per heavy atom. The molecule has 0 unspecified atom stereocenters. The number of aromatic carboxylic acids is 1. The van der Waals surface area contributed by atoms with Gasteiger partial charge in [-0.1, -0.05) is 27.5 Å². The van der Waals surface area contributed by atoms with Crippen LogP contribution in [0.1, 0.15) is 10.5 Å². The van der Waals surface area contributed by atoms with Gasteiger partial charge in [-0.15, -0.1) is 0 Å². The quantitative estimate of drug-likeness (QED) is 0.895. The predicted molar refractivity (Wildman–Crippen MR) is 63.7 cm³/mol. The van der Waals surface area contributed by atoms with E-state index in [-0.39, 0.29) is 5.69 Å². The molecule has 1 heterocycles. The Bertz CT molecular complexity index is 554. The number of carboxylic acid groups (broad SMARTS) is 1. The van der Waals surface area contributed by atoms with Crippen molar-refractivity contribution in [3.63, 3.8) is 0 Å². The monoisotopic (exact) mass is 300 g/mol.